The molecule has 0 saturated heterocycles. The highest BCUT2D eigenvalue weighted by Crippen LogP contribution is 2.11. The number of aryl methyl sites for hydroxylation is 1. The van der Waals surface area contributed by atoms with E-state index in [0.717, 1.165) is 23.0 Å². The number of hydrogen-bond donors (Lipinski definition) is 1. The van der Waals surface area contributed by atoms with Crippen LogP contribution in [0, 0.1) is 6.92 Å². The van der Waals surface area contributed by atoms with Crippen molar-refractivity contribution in [2.45, 2.75) is 6.92 Å². The average Bonchev–Trinajstić information content (AvgIpc) is 2.16. The summed E-state index contributed by atoms with van der Waals surface area (Å²) in [5, 5.41) is 0. The Bertz CT molecular complexity index is 329. The standard InChI is InChI=1S/C11H12OS/c1-9-4-5-10(3-2-6-13)11(7-9)8-12/h2-5,7-8,13H,6H2,1H3. The van der Waals surface area contributed by atoms with Gasteiger partial charge in [-0.3, -0.25) is 4.79 Å². The summed E-state index contributed by atoms with van der Waals surface area (Å²) in [7, 11) is 0. The molecule has 13 heavy (non-hydrogen) atoms. The summed E-state index contributed by atoms with van der Waals surface area (Å²) in [6, 6.07) is 5.81. The van der Waals surface area contributed by atoms with Crippen molar-refractivity contribution in [2.24, 2.45) is 0 Å². The highest BCUT2D eigenvalue weighted by molar-refractivity contribution is 7.80. The Kier molecular flexibility index (Phi) is 3.77. The quantitative estimate of drug-likeness (QED) is 0.575. The van der Waals surface area contributed by atoms with Crippen LogP contribution in [0.1, 0.15) is 21.5 Å². The van der Waals surface area contributed by atoms with Crippen molar-refractivity contribution in [1.82, 2.24) is 0 Å². The number of rotatable bonds is 3. The van der Waals surface area contributed by atoms with E-state index in [0.29, 0.717) is 5.75 Å². The molecule has 0 heterocycles. The normalized spacial score (nSPS) is 10.6. The molecule has 0 spiro atoms. The predicted molar refractivity (Wildman–Crippen MR) is 59.5 cm³/mol. The number of benzene rings is 1. The molecule has 1 rings (SSSR count). The van der Waals surface area contributed by atoms with E-state index in [1.54, 1.807) is 0 Å². The van der Waals surface area contributed by atoms with Crippen molar-refractivity contribution in [2.75, 3.05) is 5.75 Å². The molecule has 0 atom stereocenters. The van der Waals surface area contributed by atoms with Crippen LogP contribution >= 0.6 is 12.6 Å². The fraction of sp³-hybridized carbons (Fsp3) is 0.182. The first-order chi connectivity index (χ1) is 6.27. The van der Waals surface area contributed by atoms with Crippen molar-refractivity contribution in [3.8, 4) is 0 Å². The zero-order chi connectivity index (χ0) is 9.68. The highest BCUT2D eigenvalue weighted by Gasteiger charge is 1.97. The minimum atomic E-state index is 0.687. The molecule has 0 unspecified atom stereocenters. The summed E-state index contributed by atoms with van der Waals surface area (Å²) in [4.78, 5) is 10.7. The number of hydrogen-bond acceptors (Lipinski definition) is 2. The van der Waals surface area contributed by atoms with Gasteiger partial charge in [0.05, 0.1) is 0 Å². The van der Waals surface area contributed by atoms with Gasteiger partial charge in [-0.05, 0) is 18.6 Å². The lowest BCUT2D eigenvalue weighted by atomic mass is 10.1. The Morgan fingerprint density at radius 1 is 1.38 bits per heavy atom. The van der Waals surface area contributed by atoms with Gasteiger partial charge in [0.2, 0.25) is 0 Å². The second-order valence-electron chi connectivity index (χ2n) is 2.84. The van der Waals surface area contributed by atoms with Crippen LogP contribution in [-0.2, 0) is 0 Å². The zero-order valence-electron chi connectivity index (χ0n) is 7.53. The van der Waals surface area contributed by atoms with Crippen molar-refractivity contribution in [1.29, 1.82) is 0 Å². The maximum atomic E-state index is 10.7. The van der Waals surface area contributed by atoms with Gasteiger partial charge in [0, 0.05) is 11.3 Å². The van der Waals surface area contributed by atoms with Crippen LogP contribution in [-0.4, -0.2) is 12.0 Å². The predicted octanol–water partition coefficient (Wildman–Crippen LogP) is 2.75. The van der Waals surface area contributed by atoms with Crippen LogP contribution in [0.3, 0.4) is 0 Å². The molecule has 0 amide bonds. The fourth-order valence-corrected chi connectivity index (χ4v) is 1.23. The summed E-state index contributed by atoms with van der Waals surface area (Å²) < 4.78 is 0. The van der Waals surface area contributed by atoms with Crippen LogP contribution < -0.4 is 0 Å². The van der Waals surface area contributed by atoms with E-state index in [9.17, 15) is 4.79 Å². The first-order valence-electron chi connectivity index (χ1n) is 4.11. The van der Waals surface area contributed by atoms with Crippen molar-refractivity contribution in [3.05, 3.63) is 41.0 Å². The number of carbonyl (C=O) groups excluding carboxylic acids is 1. The van der Waals surface area contributed by atoms with Crippen LogP contribution in [0.15, 0.2) is 24.3 Å². The minimum Gasteiger partial charge on any atom is -0.298 e. The van der Waals surface area contributed by atoms with Gasteiger partial charge in [-0.25, -0.2) is 0 Å². The molecule has 0 aliphatic rings. The number of carbonyl (C=O) groups is 1. The molecule has 0 fully saturated rings. The van der Waals surface area contributed by atoms with E-state index < -0.39 is 0 Å². The van der Waals surface area contributed by atoms with Crippen LogP contribution in [0.4, 0.5) is 0 Å². The Balaban J connectivity index is 3.06. The SMILES string of the molecule is Cc1ccc(C=CCS)c(C=O)c1. The molecular weight excluding hydrogens is 180 g/mol. The van der Waals surface area contributed by atoms with E-state index in [1.807, 2.05) is 37.3 Å². The average molecular weight is 192 g/mol. The summed E-state index contributed by atoms with van der Waals surface area (Å²) in [5.74, 6) is 0.687. The van der Waals surface area contributed by atoms with E-state index in [4.69, 9.17) is 0 Å². The topological polar surface area (TPSA) is 17.1 Å². The maximum absolute atomic E-state index is 10.7. The Labute approximate surface area is 83.9 Å². The van der Waals surface area contributed by atoms with E-state index in [1.165, 1.54) is 0 Å². The second kappa shape index (κ2) is 4.87. The zero-order valence-corrected chi connectivity index (χ0v) is 8.42. The Hall–Kier alpha value is -1.02. The Morgan fingerprint density at radius 2 is 2.15 bits per heavy atom. The maximum Gasteiger partial charge on any atom is 0.150 e. The van der Waals surface area contributed by atoms with Crippen molar-refractivity contribution in [3.63, 3.8) is 0 Å². The molecule has 2 heteroatoms. The van der Waals surface area contributed by atoms with Gasteiger partial charge in [0.25, 0.3) is 0 Å². The first-order valence-corrected chi connectivity index (χ1v) is 4.74. The van der Waals surface area contributed by atoms with Crippen LogP contribution in [0.5, 0.6) is 0 Å². The lowest BCUT2D eigenvalue weighted by Crippen LogP contribution is -1.87. The third-order valence-corrected chi connectivity index (χ3v) is 1.98. The molecule has 1 aromatic rings. The molecular formula is C11H12OS. The third kappa shape index (κ3) is 2.74. The van der Waals surface area contributed by atoms with Gasteiger partial charge in [0.15, 0.2) is 6.29 Å². The lowest BCUT2D eigenvalue weighted by Gasteiger charge is -1.99. The lowest BCUT2D eigenvalue weighted by molar-refractivity contribution is 0.112. The van der Waals surface area contributed by atoms with Gasteiger partial charge < -0.3 is 0 Å². The molecule has 0 bridgehead atoms. The summed E-state index contributed by atoms with van der Waals surface area (Å²) in [6.45, 7) is 1.97. The largest absolute Gasteiger partial charge is 0.298 e. The number of thiol groups is 1. The molecule has 1 nitrogen and oxygen atoms in total. The monoisotopic (exact) mass is 192 g/mol. The Morgan fingerprint density at radius 3 is 2.77 bits per heavy atom. The van der Waals surface area contributed by atoms with E-state index in [-0.39, 0.29) is 0 Å². The van der Waals surface area contributed by atoms with Gasteiger partial charge >= 0.3 is 0 Å². The molecule has 0 aliphatic carbocycles. The summed E-state index contributed by atoms with van der Waals surface area (Å²) >= 11 is 4.06. The molecule has 0 radical (unpaired) electrons. The number of aldehydes is 1. The first kappa shape index (κ1) is 10.1. The molecule has 0 N–H and O–H groups in total. The van der Waals surface area contributed by atoms with E-state index >= 15 is 0 Å². The van der Waals surface area contributed by atoms with Gasteiger partial charge in [-0.2, -0.15) is 12.6 Å². The third-order valence-electron chi connectivity index (χ3n) is 1.77. The van der Waals surface area contributed by atoms with Crippen molar-refractivity contribution >= 4 is 25.0 Å². The molecule has 0 saturated carbocycles. The van der Waals surface area contributed by atoms with Crippen LogP contribution in [0.25, 0.3) is 6.08 Å². The second-order valence-corrected chi connectivity index (χ2v) is 3.20. The molecule has 0 aromatic heterocycles. The van der Waals surface area contributed by atoms with Crippen molar-refractivity contribution < 1.29 is 4.79 Å². The van der Waals surface area contributed by atoms with Gasteiger partial charge in [-0.1, -0.05) is 29.8 Å². The molecule has 1 aromatic carbocycles. The van der Waals surface area contributed by atoms with Crippen LogP contribution in [0.2, 0.25) is 0 Å². The molecule has 0 aliphatic heterocycles. The van der Waals surface area contributed by atoms with Gasteiger partial charge in [-0.15, -0.1) is 0 Å². The highest BCUT2D eigenvalue weighted by atomic mass is 32.1. The smallest absolute Gasteiger partial charge is 0.150 e. The van der Waals surface area contributed by atoms with E-state index in [2.05, 4.69) is 12.6 Å². The van der Waals surface area contributed by atoms with Gasteiger partial charge in [0.1, 0.15) is 0 Å². The summed E-state index contributed by atoms with van der Waals surface area (Å²) in [5.41, 5.74) is 2.79. The fourth-order valence-electron chi connectivity index (χ4n) is 1.13. The molecule has 68 valence electrons. The minimum absolute atomic E-state index is 0.687. The summed E-state index contributed by atoms with van der Waals surface area (Å²) in [6.07, 6.45) is 4.71.